The van der Waals surface area contributed by atoms with Gasteiger partial charge in [0.15, 0.2) is 5.17 Å². The Labute approximate surface area is 121 Å². The Morgan fingerprint density at radius 2 is 2.25 bits per heavy atom. The van der Waals surface area contributed by atoms with Gasteiger partial charge in [-0.15, -0.1) is 5.10 Å². The minimum Gasteiger partial charge on any atom is -0.489 e. The summed E-state index contributed by atoms with van der Waals surface area (Å²) in [5.41, 5.74) is 1.88. The Kier molecular flexibility index (Phi) is 4.95. The fourth-order valence-electron chi connectivity index (χ4n) is 1.38. The van der Waals surface area contributed by atoms with Gasteiger partial charge in [-0.2, -0.15) is 5.10 Å². The molecule has 1 N–H and O–H groups in total. The Bertz CT molecular complexity index is 564. The molecule has 1 heterocycles. The van der Waals surface area contributed by atoms with Crippen LogP contribution in [0, 0.1) is 0 Å². The predicted octanol–water partition coefficient (Wildman–Crippen LogP) is 2.19. The summed E-state index contributed by atoms with van der Waals surface area (Å²) >= 11 is 1.34. The molecule has 1 saturated heterocycles. The summed E-state index contributed by atoms with van der Waals surface area (Å²) in [6, 6.07) is 7.50. The maximum Gasteiger partial charge on any atom is 0.236 e. The molecule has 1 aromatic rings. The van der Waals surface area contributed by atoms with Gasteiger partial charge in [-0.25, -0.2) is 0 Å². The number of hydrogen-bond acceptors (Lipinski definition) is 5. The van der Waals surface area contributed by atoms with E-state index in [0.717, 1.165) is 16.9 Å². The number of rotatable bonds is 5. The highest BCUT2D eigenvalue weighted by Crippen LogP contribution is 2.12. The van der Waals surface area contributed by atoms with Crippen LogP contribution >= 0.6 is 11.8 Å². The molecular weight excluding hydrogens is 274 g/mol. The molecule has 1 fully saturated rings. The van der Waals surface area contributed by atoms with Gasteiger partial charge in [0.25, 0.3) is 0 Å². The van der Waals surface area contributed by atoms with E-state index in [1.807, 2.05) is 31.2 Å². The van der Waals surface area contributed by atoms with Crippen LogP contribution in [0.1, 0.15) is 12.5 Å². The average Bonchev–Trinajstić information content (AvgIpc) is 2.83. The van der Waals surface area contributed by atoms with Crippen molar-refractivity contribution in [3.8, 4) is 5.75 Å². The topological polar surface area (TPSA) is 63.1 Å². The zero-order valence-corrected chi connectivity index (χ0v) is 11.9. The van der Waals surface area contributed by atoms with Crippen LogP contribution in [0.25, 0.3) is 0 Å². The highest BCUT2D eigenvalue weighted by atomic mass is 32.2. The molecule has 104 valence electrons. The van der Waals surface area contributed by atoms with Gasteiger partial charge < -0.3 is 10.1 Å². The third-order valence-electron chi connectivity index (χ3n) is 2.31. The number of ether oxygens (including phenoxy) is 1. The van der Waals surface area contributed by atoms with Crippen LogP contribution in [-0.2, 0) is 4.79 Å². The van der Waals surface area contributed by atoms with Crippen LogP contribution in [-0.4, -0.2) is 29.6 Å². The molecule has 6 heteroatoms. The quantitative estimate of drug-likeness (QED) is 0.513. The van der Waals surface area contributed by atoms with E-state index in [9.17, 15) is 4.79 Å². The number of nitrogens with zero attached hydrogens (tertiary/aromatic N) is 2. The van der Waals surface area contributed by atoms with Crippen molar-refractivity contribution >= 4 is 29.1 Å². The Morgan fingerprint density at radius 1 is 1.50 bits per heavy atom. The lowest BCUT2D eigenvalue weighted by atomic mass is 10.2. The van der Waals surface area contributed by atoms with Crippen molar-refractivity contribution in [2.75, 3.05) is 12.4 Å². The molecule has 0 atom stereocenters. The summed E-state index contributed by atoms with van der Waals surface area (Å²) in [4.78, 5) is 10.9. The van der Waals surface area contributed by atoms with Crippen molar-refractivity contribution in [2.45, 2.75) is 6.92 Å². The first kappa shape index (κ1) is 14.3. The highest BCUT2D eigenvalue weighted by Gasteiger charge is 2.15. The highest BCUT2D eigenvalue weighted by molar-refractivity contribution is 8.15. The average molecular weight is 289 g/mol. The van der Waals surface area contributed by atoms with Crippen LogP contribution in [0.2, 0.25) is 0 Å². The van der Waals surface area contributed by atoms with Crippen molar-refractivity contribution in [2.24, 2.45) is 10.2 Å². The lowest BCUT2D eigenvalue weighted by Crippen LogP contribution is -2.19. The molecule has 0 spiro atoms. The molecule has 0 saturated carbocycles. The van der Waals surface area contributed by atoms with E-state index in [1.165, 1.54) is 11.8 Å². The zero-order valence-electron chi connectivity index (χ0n) is 11.1. The van der Waals surface area contributed by atoms with E-state index in [4.69, 9.17) is 4.74 Å². The predicted molar refractivity (Wildman–Crippen MR) is 82.4 cm³/mol. The zero-order chi connectivity index (χ0) is 14.4. The summed E-state index contributed by atoms with van der Waals surface area (Å²) in [7, 11) is 0. The maximum absolute atomic E-state index is 10.9. The second-order valence-corrected chi connectivity index (χ2v) is 5.27. The normalized spacial score (nSPS) is 16.6. The molecule has 1 aromatic carbocycles. The van der Waals surface area contributed by atoms with Crippen LogP contribution in [0.3, 0.4) is 0 Å². The molecule has 0 radical (unpaired) electrons. The summed E-state index contributed by atoms with van der Waals surface area (Å²) in [5, 5.41) is 11.0. The van der Waals surface area contributed by atoms with Gasteiger partial charge in [-0.1, -0.05) is 18.3 Å². The third-order valence-corrected chi connectivity index (χ3v) is 3.17. The first-order chi connectivity index (χ1) is 9.63. The van der Waals surface area contributed by atoms with Crippen LogP contribution in [0.15, 0.2) is 46.6 Å². The molecule has 1 amide bonds. The minimum atomic E-state index is -0.0389. The first-order valence-corrected chi connectivity index (χ1v) is 7.03. The lowest BCUT2D eigenvalue weighted by Gasteiger charge is -2.05. The monoisotopic (exact) mass is 289 g/mol. The fourth-order valence-corrected chi connectivity index (χ4v) is 2.01. The molecule has 2 rings (SSSR count). The SMILES string of the molecule is C=C(C)COc1ccc(C=NN=C2NC(=O)CS2)cc1. The largest absolute Gasteiger partial charge is 0.489 e. The molecule has 1 aliphatic heterocycles. The summed E-state index contributed by atoms with van der Waals surface area (Å²) < 4.78 is 5.50. The number of thioether (sulfide) groups is 1. The number of amides is 1. The second kappa shape index (κ2) is 6.91. The van der Waals surface area contributed by atoms with E-state index >= 15 is 0 Å². The van der Waals surface area contributed by atoms with E-state index < -0.39 is 0 Å². The van der Waals surface area contributed by atoms with Gasteiger partial charge in [0, 0.05) is 0 Å². The molecule has 0 unspecified atom stereocenters. The number of nitrogens with one attached hydrogen (secondary N) is 1. The van der Waals surface area contributed by atoms with Gasteiger partial charge in [-0.05, 0) is 42.3 Å². The van der Waals surface area contributed by atoms with Crippen molar-refractivity contribution in [3.05, 3.63) is 42.0 Å². The molecule has 0 aromatic heterocycles. The minimum absolute atomic E-state index is 0.0389. The van der Waals surface area contributed by atoms with Crippen molar-refractivity contribution in [3.63, 3.8) is 0 Å². The van der Waals surface area contributed by atoms with Gasteiger partial charge in [0.05, 0.1) is 12.0 Å². The fraction of sp³-hybridized carbons (Fsp3) is 0.214. The first-order valence-electron chi connectivity index (χ1n) is 6.04. The summed E-state index contributed by atoms with van der Waals surface area (Å²) in [5.74, 6) is 1.15. The Hall–Kier alpha value is -2.08. The smallest absolute Gasteiger partial charge is 0.236 e. The van der Waals surface area contributed by atoms with Gasteiger partial charge in [0.2, 0.25) is 5.91 Å². The van der Waals surface area contributed by atoms with Crippen LogP contribution in [0.5, 0.6) is 5.75 Å². The molecule has 20 heavy (non-hydrogen) atoms. The van der Waals surface area contributed by atoms with E-state index in [1.54, 1.807) is 6.21 Å². The standard InChI is InChI=1S/C14H15N3O2S/c1-10(2)8-19-12-5-3-11(4-6-12)7-15-17-14-16-13(18)9-20-14/h3-7H,1,8-9H2,2H3,(H,16,17,18). The van der Waals surface area contributed by atoms with Gasteiger partial charge in [-0.3, -0.25) is 4.79 Å². The van der Waals surface area contributed by atoms with Gasteiger partial charge in [0.1, 0.15) is 12.4 Å². The molecular formula is C14H15N3O2S. The van der Waals surface area contributed by atoms with E-state index in [0.29, 0.717) is 17.5 Å². The molecule has 1 aliphatic rings. The lowest BCUT2D eigenvalue weighted by molar-refractivity contribution is -0.116. The Morgan fingerprint density at radius 3 is 2.85 bits per heavy atom. The van der Waals surface area contributed by atoms with E-state index in [-0.39, 0.29) is 5.91 Å². The van der Waals surface area contributed by atoms with Crippen molar-refractivity contribution in [1.82, 2.24) is 5.32 Å². The van der Waals surface area contributed by atoms with E-state index in [2.05, 4.69) is 22.1 Å². The molecule has 0 bridgehead atoms. The second-order valence-electron chi connectivity index (χ2n) is 4.30. The van der Waals surface area contributed by atoms with Crippen molar-refractivity contribution in [1.29, 1.82) is 0 Å². The van der Waals surface area contributed by atoms with Crippen molar-refractivity contribution < 1.29 is 9.53 Å². The van der Waals surface area contributed by atoms with Crippen LogP contribution in [0.4, 0.5) is 0 Å². The molecule has 0 aliphatic carbocycles. The molecule has 5 nitrogen and oxygen atoms in total. The number of carbonyl (C=O) groups excluding carboxylic acids is 1. The number of benzene rings is 1. The Balaban J connectivity index is 1.90. The summed E-state index contributed by atoms with van der Waals surface area (Å²) in [6.07, 6.45) is 1.63. The summed E-state index contributed by atoms with van der Waals surface area (Å²) in [6.45, 7) is 6.21. The van der Waals surface area contributed by atoms with Crippen LogP contribution < -0.4 is 10.1 Å². The number of hydrogen-bond donors (Lipinski definition) is 1. The number of amidine groups is 1. The third kappa shape index (κ3) is 4.55. The maximum atomic E-state index is 10.9. The van der Waals surface area contributed by atoms with Gasteiger partial charge >= 0.3 is 0 Å². The number of carbonyl (C=O) groups is 1.